The number of rotatable bonds is 2. The second-order valence-corrected chi connectivity index (χ2v) is 8.35. The first-order chi connectivity index (χ1) is 14.3. The Hall–Kier alpha value is -3.16. The van der Waals surface area contributed by atoms with E-state index in [4.69, 9.17) is 0 Å². The first kappa shape index (κ1) is 16.8. The predicted octanol–water partition coefficient (Wildman–Crippen LogP) is 8.68. The Morgan fingerprint density at radius 2 is 1.00 bits per heavy atom. The fourth-order valence-electron chi connectivity index (χ4n) is 4.58. The van der Waals surface area contributed by atoms with E-state index in [9.17, 15) is 0 Å². The van der Waals surface area contributed by atoms with E-state index in [2.05, 4.69) is 119 Å². The van der Waals surface area contributed by atoms with Crippen LogP contribution in [-0.4, -0.2) is 0 Å². The zero-order chi connectivity index (χ0) is 19.4. The van der Waals surface area contributed by atoms with Gasteiger partial charge in [-0.2, -0.15) is 0 Å². The highest BCUT2D eigenvalue weighted by atomic mass is 79.9. The molecular weight excluding hydrogens is 416 g/mol. The molecular formula is C28H17Br. The largest absolute Gasteiger partial charge is 0.0622 e. The van der Waals surface area contributed by atoms with Crippen LogP contribution in [0.25, 0.3) is 54.6 Å². The molecule has 0 aliphatic rings. The number of halogens is 1. The Kier molecular flexibility index (Phi) is 3.72. The van der Waals surface area contributed by atoms with Crippen molar-refractivity contribution in [3.05, 3.63) is 108 Å². The van der Waals surface area contributed by atoms with Crippen LogP contribution in [0.5, 0.6) is 0 Å². The molecule has 1 heteroatoms. The van der Waals surface area contributed by atoms with Crippen molar-refractivity contribution in [3.8, 4) is 22.3 Å². The molecule has 6 rings (SSSR count). The van der Waals surface area contributed by atoms with Crippen molar-refractivity contribution in [2.24, 2.45) is 0 Å². The maximum Gasteiger partial charge on any atom is 0.0260 e. The molecule has 0 aromatic heterocycles. The summed E-state index contributed by atoms with van der Waals surface area (Å²) in [4.78, 5) is 0. The molecule has 0 nitrogen and oxygen atoms in total. The second-order valence-electron chi connectivity index (χ2n) is 7.50. The van der Waals surface area contributed by atoms with E-state index in [1.54, 1.807) is 0 Å². The van der Waals surface area contributed by atoms with Gasteiger partial charge in [0.25, 0.3) is 0 Å². The van der Waals surface area contributed by atoms with Crippen LogP contribution in [0.1, 0.15) is 0 Å². The summed E-state index contributed by atoms with van der Waals surface area (Å²) in [6.45, 7) is 0. The zero-order valence-corrected chi connectivity index (χ0v) is 17.3. The van der Waals surface area contributed by atoms with Crippen molar-refractivity contribution >= 4 is 48.2 Å². The molecule has 0 saturated heterocycles. The lowest BCUT2D eigenvalue weighted by molar-refractivity contribution is 1.64. The predicted molar refractivity (Wildman–Crippen MR) is 129 cm³/mol. The van der Waals surface area contributed by atoms with E-state index in [1.165, 1.54) is 54.6 Å². The molecule has 0 aliphatic carbocycles. The maximum atomic E-state index is 3.85. The van der Waals surface area contributed by atoms with Gasteiger partial charge in [-0.25, -0.2) is 0 Å². The van der Waals surface area contributed by atoms with Crippen molar-refractivity contribution in [1.29, 1.82) is 0 Å². The summed E-state index contributed by atoms with van der Waals surface area (Å²) < 4.78 is 1.14. The van der Waals surface area contributed by atoms with Crippen LogP contribution in [0.3, 0.4) is 0 Å². The Morgan fingerprint density at radius 3 is 1.72 bits per heavy atom. The van der Waals surface area contributed by atoms with Crippen molar-refractivity contribution in [3.63, 3.8) is 0 Å². The smallest absolute Gasteiger partial charge is 0.0260 e. The van der Waals surface area contributed by atoms with Crippen LogP contribution >= 0.6 is 15.9 Å². The van der Waals surface area contributed by atoms with Gasteiger partial charge in [0.1, 0.15) is 0 Å². The van der Waals surface area contributed by atoms with Crippen molar-refractivity contribution in [2.45, 2.75) is 0 Å². The standard InChI is InChI=1S/C28H17Br/c29-26-17-25(19-9-5-2-6-10-19)23-14-12-20-11-13-21(18-7-3-1-4-8-18)22-15-16-24(26)28(23)27(20)22/h1-17H. The maximum absolute atomic E-state index is 3.85. The molecule has 136 valence electrons. The number of hydrogen-bond acceptors (Lipinski definition) is 0. The molecule has 0 N–H and O–H groups in total. The first-order valence-electron chi connectivity index (χ1n) is 9.82. The molecule has 0 atom stereocenters. The van der Waals surface area contributed by atoms with Crippen molar-refractivity contribution < 1.29 is 0 Å². The monoisotopic (exact) mass is 432 g/mol. The Labute approximate surface area is 177 Å². The normalized spacial score (nSPS) is 11.6. The molecule has 0 saturated carbocycles. The van der Waals surface area contributed by atoms with Crippen LogP contribution in [-0.2, 0) is 0 Å². The van der Waals surface area contributed by atoms with Gasteiger partial charge in [-0.3, -0.25) is 0 Å². The minimum Gasteiger partial charge on any atom is -0.0622 e. The van der Waals surface area contributed by atoms with Gasteiger partial charge in [-0.05, 0) is 60.6 Å². The zero-order valence-electron chi connectivity index (χ0n) is 15.7. The summed E-state index contributed by atoms with van der Waals surface area (Å²) in [5.41, 5.74) is 5.06. The summed E-state index contributed by atoms with van der Waals surface area (Å²) in [5.74, 6) is 0. The minimum atomic E-state index is 1.14. The average molecular weight is 433 g/mol. The number of hydrogen-bond donors (Lipinski definition) is 0. The summed E-state index contributed by atoms with van der Waals surface area (Å²) in [6.07, 6.45) is 0. The van der Waals surface area contributed by atoms with Gasteiger partial charge in [0.05, 0.1) is 0 Å². The van der Waals surface area contributed by atoms with Gasteiger partial charge in [-0.15, -0.1) is 0 Å². The second kappa shape index (κ2) is 6.43. The Balaban J connectivity index is 1.79. The highest BCUT2D eigenvalue weighted by Gasteiger charge is 2.16. The van der Waals surface area contributed by atoms with Crippen LogP contribution in [0.15, 0.2) is 108 Å². The van der Waals surface area contributed by atoms with E-state index >= 15 is 0 Å². The average Bonchev–Trinajstić information content (AvgIpc) is 2.79. The fourth-order valence-corrected chi connectivity index (χ4v) is 5.14. The third kappa shape index (κ3) is 2.51. The molecule has 0 fully saturated rings. The molecule has 0 amide bonds. The molecule has 0 bridgehead atoms. The summed E-state index contributed by atoms with van der Waals surface area (Å²) in [6, 6.07) is 37.2. The van der Waals surface area contributed by atoms with Crippen LogP contribution < -0.4 is 0 Å². The van der Waals surface area contributed by atoms with Gasteiger partial charge in [-0.1, -0.05) is 113 Å². The van der Waals surface area contributed by atoms with Gasteiger partial charge in [0.2, 0.25) is 0 Å². The molecule has 6 aromatic carbocycles. The Morgan fingerprint density at radius 1 is 0.448 bits per heavy atom. The van der Waals surface area contributed by atoms with E-state index in [-0.39, 0.29) is 0 Å². The van der Waals surface area contributed by atoms with Crippen molar-refractivity contribution in [1.82, 2.24) is 0 Å². The molecule has 6 aromatic rings. The van der Waals surface area contributed by atoms with E-state index < -0.39 is 0 Å². The minimum absolute atomic E-state index is 1.14. The van der Waals surface area contributed by atoms with Gasteiger partial charge < -0.3 is 0 Å². The highest BCUT2D eigenvalue weighted by Crippen LogP contribution is 2.44. The van der Waals surface area contributed by atoms with Crippen LogP contribution in [0, 0.1) is 0 Å². The molecule has 0 radical (unpaired) electrons. The summed E-state index contributed by atoms with van der Waals surface area (Å²) >= 11 is 3.85. The fraction of sp³-hybridized carbons (Fsp3) is 0. The molecule has 0 heterocycles. The molecule has 0 unspecified atom stereocenters. The molecule has 0 spiro atoms. The lowest BCUT2D eigenvalue weighted by Crippen LogP contribution is -1.90. The lowest BCUT2D eigenvalue weighted by Gasteiger charge is -2.17. The van der Waals surface area contributed by atoms with E-state index in [0.717, 1.165) is 4.47 Å². The number of benzene rings is 6. The lowest BCUT2D eigenvalue weighted by atomic mass is 9.87. The third-order valence-corrected chi connectivity index (χ3v) is 6.56. The third-order valence-electron chi connectivity index (χ3n) is 5.90. The van der Waals surface area contributed by atoms with Crippen LogP contribution in [0.2, 0.25) is 0 Å². The van der Waals surface area contributed by atoms with Crippen molar-refractivity contribution in [2.75, 3.05) is 0 Å². The Bertz CT molecular complexity index is 1480. The van der Waals surface area contributed by atoms with E-state index in [1.807, 2.05) is 0 Å². The van der Waals surface area contributed by atoms with Gasteiger partial charge in [0, 0.05) is 4.47 Å². The van der Waals surface area contributed by atoms with Crippen LogP contribution in [0.4, 0.5) is 0 Å². The SMILES string of the molecule is Brc1cc(-c2ccccc2)c2ccc3ccc(-c4ccccc4)c4ccc1c2c34. The topological polar surface area (TPSA) is 0 Å². The molecule has 29 heavy (non-hydrogen) atoms. The van der Waals surface area contributed by atoms with E-state index in [0.29, 0.717) is 0 Å². The van der Waals surface area contributed by atoms with Gasteiger partial charge >= 0.3 is 0 Å². The summed E-state index contributed by atoms with van der Waals surface area (Å²) in [7, 11) is 0. The summed E-state index contributed by atoms with van der Waals surface area (Å²) in [5, 5.41) is 7.85. The highest BCUT2D eigenvalue weighted by molar-refractivity contribution is 9.10. The quantitative estimate of drug-likeness (QED) is 0.240. The molecule has 0 aliphatic heterocycles. The first-order valence-corrected chi connectivity index (χ1v) is 10.6. The van der Waals surface area contributed by atoms with Gasteiger partial charge in [0.15, 0.2) is 0 Å².